The van der Waals surface area contributed by atoms with Gasteiger partial charge >= 0.3 is 5.97 Å². The number of rotatable bonds is 4. The molecule has 1 rings (SSSR count). The van der Waals surface area contributed by atoms with Gasteiger partial charge in [0, 0.05) is 11.8 Å². The zero-order valence-corrected chi connectivity index (χ0v) is 8.95. The number of ketones is 1. The summed E-state index contributed by atoms with van der Waals surface area (Å²) in [6.07, 6.45) is 6.06. The Balaban J connectivity index is 2.65. The van der Waals surface area contributed by atoms with Crippen LogP contribution < -0.4 is 0 Å². The van der Waals surface area contributed by atoms with Gasteiger partial charge in [-0.3, -0.25) is 9.59 Å². The number of Topliss-reactive ketones (excluding diaryl/α,β-unsaturated/α-hetero) is 1. The summed E-state index contributed by atoms with van der Waals surface area (Å²) in [5.74, 6) is -0.994. The van der Waals surface area contributed by atoms with Gasteiger partial charge in [0.25, 0.3) is 0 Å². The van der Waals surface area contributed by atoms with E-state index in [9.17, 15) is 9.59 Å². The van der Waals surface area contributed by atoms with Crippen LogP contribution in [0.5, 0.6) is 0 Å². The van der Waals surface area contributed by atoms with Crippen LogP contribution in [-0.4, -0.2) is 16.9 Å². The number of carbonyl (C=O) groups excluding carboxylic acids is 1. The number of carbonyl (C=O) groups is 2. The minimum Gasteiger partial charge on any atom is -0.481 e. The normalized spacial score (nSPS) is 27.1. The zero-order valence-electron chi connectivity index (χ0n) is 8.95. The van der Waals surface area contributed by atoms with E-state index in [2.05, 4.69) is 6.58 Å². The maximum atomic E-state index is 12.0. The van der Waals surface area contributed by atoms with Gasteiger partial charge in [-0.2, -0.15) is 0 Å². The lowest BCUT2D eigenvalue weighted by atomic mass is 9.87. The van der Waals surface area contributed by atoms with E-state index in [1.807, 2.05) is 0 Å². The molecule has 2 unspecified atom stereocenters. The van der Waals surface area contributed by atoms with Crippen LogP contribution >= 0.6 is 0 Å². The molecule has 0 aromatic heterocycles. The predicted molar refractivity (Wildman–Crippen MR) is 57.5 cm³/mol. The van der Waals surface area contributed by atoms with Crippen molar-refractivity contribution in [1.29, 1.82) is 0 Å². The first-order chi connectivity index (χ1) is 7.15. The van der Waals surface area contributed by atoms with Gasteiger partial charge in [-0.05, 0) is 19.3 Å². The summed E-state index contributed by atoms with van der Waals surface area (Å²) < 4.78 is 0. The second kappa shape index (κ2) is 5.69. The molecule has 84 valence electrons. The van der Waals surface area contributed by atoms with Gasteiger partial charge in [-0.1, -0.05) is 18.9 Å². The van der Waals surface area contributed by atoms with Crippen LogP contribution in [0.15, 0.2) is 12.7 Å². The van der Waals surface area contributed by atoms with Crippen molar-refractivity contribution < 1.29 is 14.7 Å². The van der Waals surface area contributed by atoms with Crippen molar-refractivity contribution in [2.24, 2.45) is 11.8 Å². The van der Waals surface area contributed by atoms with Crippen molar-refractivity contribution in [2.75, 3.05) is 0 Å². The molecule has 0 bridgehead atoms. The largest absolute Gasteiger partial charge is 0.481 e. The standard InChI is InChI=1S/C12H18O3/c1-2-5-9-6-3-4-7-10(12(9)15)8-11(13)14/h2,9-10H,1,3-8H2,(H,13,14). The monoisotopic (exact) mass is 210 g/mol. The van der Waals surface area contributed by atoms with E-state index >= 15 is 0 Å². The van der Waals surface area contributed by atoms with Crippen LogP contribution in [0.25, 0.3) is 0 Å². The average Bonchev–Trinajstić information content (AvgIpc) is 2.33. The minimum absolute atomic E-state index is 0.00746. The second-order valence-electron chi connectivity index (χ2n) is 4.20. The third-order valence-electron chi connectivity index (χ3n) is 3.03. The summed E-state index contributed by atoms with van der Waals surface area (Å²) in [6.45, 7) is 3.64. The maximum Gasteiger partial charge on any atom is 0.304 e. The van der Waals surface area contributed by atoms with Crippen molar-refractivity contribution in [1.82, 2.24) is 0 Å². The van der Waals surface area contributed by atoms with Crippen LogP contribution in [0.1, 0.15) is 38.5 Å². The predicted octanol–water partition coefficient (Wildman–Crippen LogP) is 2.41. The number of allylic oxidation sites excluding steroid dienone is 1. The molecule has 1 saturated carbocycles. The average molecular weight is 210 g/mol. The lowest BCUT2D eigenvalue weighted by molar-refractivity contribution is -0.141. The fourth-order valence-corrected chi connectivity index (χ4v) is 2.25. The Morgan fingerprint density at radius 3 is 2.53 bits per heavy atom. The summed E-state index contributed by atoms with van der Waals surface area (Å²) in [5.41, 5.74) is 0. The molecule has 1 fully saturated rings. The number of aliphatic carboxylic acids is 1. The maximum absolute atomic E-state index is 12.0. The lowest BCUT2D eigenvalue weighted by Gasteiger charge is -2.15. The molecule has 0 spiro atoms. The Morgan fingerprint density at radius 2 is 2.00 bits per heavy atom. The van der Waals surface area contributed by atoms with E-state index in [0.717, 1.165) is 25.7 Å². The quantitative estimate of drug-likeness (QED) is 0.572. The Labute approximate surface area is 90.2 Å². The topological polar surface area (TPSA) is 54.4 Å². The number of hydrogen-bond donors (Lipinski definition) is 1. The van der Waals surface area contributed by atoms with Crippen molar-refractivity contribution in [2.45, 2.75) is 38.5 Å². The smallest absolute Gasteiger partial charge is 0.304 e. The van der Waals surface area contributed by atoms with Gasteiger partial charge < -0.3 is 5.11 Å². The van der Waals surface area contributed by atoms with E-state index in [-0.39, 0.29) is 24.0 Å². The van der Waals surface area contributed by atoms with Crippen LogP contribution in [0.3, 0.4) is 0 Å². The molecular weight excluding hydrogens is 192 g/mol. The van der Waals surface area contributed by atoms with Gasteiger partial charge in [0.05, 0.1) is 6.42 Å². The van der Waals surface area contributed by atoms with Crippen LogP contribution in [-0.2, 0) is 9.59 Å². The number of carboxylic acid groups (broad SMARTS) is 1. The minimum atomic E-state index is -0.868. The molecule has 0 aliphatic heterocycles. The molecule has 0 radical (unpaired) electrons. The van der Waals surface area contributed by atoms with Gasteiger partial charge in [0.2, 0.25) is 0 Å². The first kappa shape index (κ1) is 12.0. The summed E-state index contributed by atoms with van der Waals surface area (Å²) in [4.78, 5) is 22.6. The highest BCUT2D eigenvalue weighted by Crippen LogP contribution is 2.28. The molecule has 1 aliphatic rings. The fourth-order valence-electron chi connectivity index (χ4n) is 2.25. The summed E-state index contributed by atoms with van der Waals surface area (Å²) >= 11 is 0. The molecule has 1 aliphatic carbocycles. The number of carboxylic acids is 1. The van der Waals surface area contributed by atoms with E-state index in [0.29, 0.717) is 6.42 Å². The third kappa shape index (κ3) is 3.50. The van der Waals surface area contributed by atoms with Crippen molar-refractivity contribution in [3.8, 4) is 0 Å². The zero-order chi connectivity index (χ0) is 11.3. The molecule has 1 N–H and O–H groups in total. The Morgan fingerprint density at radius 1 is 1.40 bits per heavy atom. The van der Waals surface area contributed by atoms with Gasteiger partial charge in [-0.25, -0.2) is 0 Å². The van der Waals surface area contributed by atoms with E-state index < -0.39 is 5.97 Å². The van der Waals surface area contributed by atoms with Gasteiger partial charge in [0.15, 0.2) is 0 Å². The molecule has 0 aromatic rings. The molecule has 3 heteroatoms. The Bertz CT molecular complexity index is 258. The first-order valence-corrected chi connectivity index (χ1v) is 5.51. The van der Waals surface area contributed by atoms with Gasteiger partial charge in [-0.15, -0.1) is 6.58 Å². The van der Waals surface area contributed by atoms with Crippen LogP contribution in [0, 0.1) is 11.8 Å². The molecule has 15 heavy (non-hydrogen) atoms. The second-order valence-corrected chi connectivity index (χ2v) is 4.20. The first-order valence-electron chi connectivity index (χ1n) is 5.51. The highest BCUT2D eigenvalue weighted by Gasteiger charge is 2.29. The van der Waals surface area contributed by atoms with Gasteiger partial charge in [0.1, 0.15) is 5.78 Å². The van der Waals surface area contributed by atoms with Crippen LogP contribution in [0.4, 0.5) is 0 Å². The SMILES string of the molecule is C=CCC1CCCCC(CC(=O)O)C1=O. The molecule has 0 saturated heterocycles. The van der Waals surface area contributed by atoms with E-state index in [1.165, 1.54) is 0 Å². The number of hydrogen-bond acceptors (Lipinski definition) is 2. The molecule has 2 atom stereocenters. The fraction of sp³-hybridized carbons (Fsp3) is 0.667. The lowest BCUT2D eigenvalue weighted by Crippen LogP contribution is -2.23. The van der Waals surface area contributed by atoms with Crippen molar-refractivity contribution >= 4 is 11.8 Å². The highest BCUT2D eigenvalue weighted by molar-refractivity contribution is 5.87. The summed E-state index contributed by atoms with van der Waals surface area (Å²) in [6, 6.07) is 0. The molecule has 0 amide bonds. The third-order valence-corrected chi connectivity index (χ3v) is 3.03. The molecular formula is C12H18O3. The Kier molecular flexibility index (Phi) is 4.53. The Hall–Kier alpha value is -1.12. The summed E-state index contributed by atoms with van der Waals surface area (Å²) in [7, 11) is 0. The molecule has 0 heterocycles. The van der Waals surface area contributed by atoms with Crippen LogP contribution in [0.2, 0.25) is 0 Å². The van der Waals surface area contributed by atoms with Crippen molar-refractivity contribution in [3.63, 3.8) is 0 Å². The van der Waals surface area contributed by atoms with Crippen molar-refractivity contribution in [3.05, 3.63) is 12.7 Å². The summed E-state index contributed by atoms with van der Waals surface area (Å²) in [5, 5.41) is 8.72. The highest BCUT2D eigenvalue weighted by atomic mass is 16.4. The van der Waals surface area contributed by atoms with E-state index in [1.54, 1.807) is 6.08 Å². The van der Waals surface area contributed by atoms with E-state index in [4.69, 9.17) is 5.11 Å². The molecule has 0 aromatic carbocycles. The molecule has 3 nitrogen and oxygen atoms in total.